The maximum Gasteiger partial charge on any atom is 0.142 e. The van der Waals surface area contributed by atoms with E-state index in [9.17, 15) is 9.50 Å². The van der Waals surface area contributed by atoms with Crippen molar-refractivity contribution in [1.29, 1.82) is 0 Å². The molecule has 2 N–H and O–H groups in total. The van der Waals surface area contributed by atoms with Crippen LogP contribution in [0.5, 0.6) is 0 Å². The zero-order chi connectivity index (χ0) is 26.2. The summed E-state index contributed by atoms with van der Waals surface area (Å²) in [5.74, 6) is 0.517. The molecule has 3 heterocycles. The van der Waals surface area contributed by atoms with Crippen molar-refractivity contribution in [2.45, 2.75) is 26.3 Å². The Morgan fingerprint density at radius 1 is 1.21 bits per heavy atom. The highest BCUT2D eigenvalue weighted by molar-refractivity contribution is 7.20. The van der Waals surface area contributed by atoms with E-state index in [0.717, 1.165) is 62.3 Å². The fraction of sp³-hybridized carbons (Fsp3) is 0.214. The Labute approximate surface area is 222 Å². The van der Waals surface area contributed by atoms with E-state index in [1.54, 1.807) is 28.7 Å². The summed E-state index contributed by atoms with van der Waals surface area (Å²) in [6.07, 6.45) is 5.04. The number of nitrogens with one attached hydrogen (secondary N) is 1. The van der Waals surface area contributed by atoms with E-state index in [1.165, 1.54) is 22.6 Å². The van der Waals surface area contributed by atoms with Crippen LogP contribution in [-0.4, -0.2) is 49.7 Å². The minimum atomic E-state index is -0.251. The lowest BCUT2D eigenvalue weighted by molar-refractivity contribution is 0.228. The van der Waals surface area contributed by atoms with Gasteiger partial charge in [0, 0.05) is 28.4 Å². The van der Waals surface area contributed by atoms with Crippen LogP contribution in [0.1, 0.15) is 29.3 Å². The van der Waals surface area contributed by atoms with E-state index in [0.29, 0.717) is 13.1 Å². The fourth-order valence-corrected chi connectivity index (χ4v) is 6.35. The standard InChI is InChI=1S/C28H26FN7OS/c1-17-23(35(30-2)10-11-37)9-7-22-25-27(31-16-32-28(25)38-26(17)22)34-21-6-8-24-19(13-21)14-33-36(24)15-18-4-3-5-20(29)12-18/h3-6,8,12-14,16,37H,2,7,9-11,15H2,1H3,(H,31,32,34). The van der Waals surface area contributed by atoms with Gasteiger partial charge < -0.3 is 10.4 Å². The van der Waals surface area contributed by atoms with Crippen molar-refractivity contribution in [3.63, 3.8) is 0 Å². The number of allylic oxidation sites excluding steroid dienone is 2. The Kier molecular flexibility index (Phi) is 6.34. The van der Waals surface area contributed by atoms with E-state index < -0.39 is 0 Å². The van der Waals surface area contributed by atoms with Crippen LogP contribution >= 0.6 is 11.3 Å². The molecule has 3 aromatic heterocycles. The zero-order valence-corrected chi connectivity index (χ0v) is 21.7. The number of hydrogen-bond donors (Lipinski definition) is 2. The summed E-state index contributed by atoms with van der Waals surface area (Å²) in [6, 6.07) is 12.6. The molecule has 1 aliphatic rings. The molecule has 0 aliphatic heterocycles. The second-order valence-corrected chi connectivity index (χ2v) is 10.2. The van der Waals surface area contributed by atoms with E-state index in [-0.39, 0.29) is 12.4 Å². The van der Waals surface area contributed by atoms with Crippen LogP contribution in [0.2, 0.25) is 0 Å². The average Bonchev–Trinajstić information content (AvgIpc) is 3.50. The predicted octanol–water partition coefficient (Wildman–Crippen LogP) is 5.56. The summed E-state index contributed by atoms with van der Waals surface area (Å²) < 4.78 is 15.5. The summed E-state index contributed by atoms with van der Waals surface area (Å²) in [7, 11) is 0. The number of thiophene rings is 1. The van der Waals surface area contributed by atoms with Crippen molar-refractivity contribution in [3.05, 3.63) is 82.5 Å². The van der Waals surface area contributed by atoms with Gasteiger partial charge in [-0.3, -0.25) is 9.69 Å². The zero-order valence-electron chi connectivity index (χ0n) is 20.9. The van der Waals surface area contributed by atoms with Gasteiger partial charge in [0.15, 0.2) is 0 Å². The van der Waals surface area contributed by atoms with E-state index >= 15 is 0 Å². The molecule has 6 rings (SSSR count). The number of aryl methyl sites for hydroxylation is 1. The maximum absolute atomic E-state index is 13.6. The minimum absolute atomic E-state index is 0.0165. The third-order valence-electron chi connectivity index (χ3n) is 6.89. The van der Waals surface area contributed by atoms with Crippen molar-refractivity contribution in [3.8, 4) is 0 Å². The first-order valence-corrected chi connectivity index (χ1v) is 13.2. The molecule has 1 aliphatic carbocycles. The fourth-order valence-electron chi connectivity index (χ4n) is 5.13. The van der Waals surface area contributed by atoms with Gasteiger partial charge in [-0.2, -0.15) is 10.2 Å². The molecule has 0 spiro atoms. The summed E-state index contributed by atoms with van der Waals surface area (Å²) in [4.78, 5) is 11.3. The van der Waals surface area contributed by atoms with Gasteiger partial charge in [0.1, 0.15) is 22.8 Å². The molecular weight excluding hydrogens is 501 g/mol. The Bertz CT molecular complexity index is 1710. The lowest BCUT2D eigenvalue weighted by atomic mass is 9.94. The van der Waals surface area contributed by atoms with Gasteiger partial charge in [-0.05, 0) is 66.8 Å². The number of aliphatic hydroxyl groups excluding tert-OH is 1. The average molecular weight is 528 g/mol. The van der Waals surface area contributed by atoms with Gasteiger partial charge >= 0.3 is 0 Å². The monoisotopic (exact) mass is 527 g/mol. The molecule has 38 heavy (non-hydrogen) atoms. The molecule has 5 aromatic rings. The van der Waals surface area contributed by atoms with Gasteiger partial charge in [-0.25, -0.2) is 14.4 Å². The molecule has 0 saturated carbocycles. The Morgan fingerprint density at radius 3 is 2.92 bits per heavy atom. The van der Waals surface area contributed by atoms with Crippen LogP contribution in [0.15, 0.2) is 65.8 Å². The predicted molar refractivity (Wildman–Crippen MR) is 150 cm³/mol. The van der Waals surface area contributed by atoms with Crippen molar-refractivity contribution in [2.75, 3.05) is 18.5 Å². The number of hydrogen-bond acceptors (Lipinski definition) is 8. The molecule has 0 fully saturated rings. The van der Waals surface area contributed by atoms with E-state index in [1.807, 2.05) is 35.1 Å². The smallest absolute Gasteiger partial charge is 0.142 e. The normalized spacial score (nSPS) is 13.2. The number of nitrogens with zero attached hydrogens (tertiary/aromatic N) is 6. The topological polar surface area (TPSA) is 91.5 Å². The van der Waals surface area contributed by atoms with Crippen molar-refractivity contribution >= 4 is 56.3 Å². The largest absolute Gasteiger partial charge is 0.394 e. The van der Waals surface area contributed by atoms with Gasteiger partial charge in [-0.1, -0.05) is 12.1 Å². The first kappa shape index (κ1) is 24.2. The molecule has 0 atom stereocenters. The maximum atomic E-state index is 13.6. The van der Waals surface area contributed by atoms with Crippen molar-refractivity contribution in [1.82, 2.24) is 24.8 Å². The lowest BCUT2D eigenvalue weighted by Crippen LogP contribution is -2.23. The van der Waals surface area contributed by atoms with Gasteiger partial charge in [0.05, 0.1) is 36.8 Å². The summed E-state index contributed by atoms with van der Waals surface area (Å²) in [5.41, 5.74) is 6.17. The number of fused-ring (bicyclic) bond motifs is 4. The Hall–Kier alpha value is -4.15. The minimum Gasteiger partial charge on any atom is -0.394 e. The third-order valence-corrected chi connectivity index (χ3v) is 8.15. The quantitative estimate of drug-likeness (QED) is 0.203. The van der Waals surface area contributed by atoms with Gasteiger partial charge in [-0.15, -0.1) is 11.3 Å². The second kappa shape index (κ2) is 9.96. The van der Waals surface area contributed by atoms with Crippen LogP contribution in [0.4, 0.5) is 15.9 Å². The number of halogens is 1. The molecule has 0 unspecified atom stereocenters. The number of rotatable bonds is 8. The van der Waals surface area contributed by atoms with Crippen LogP contribution in [-0.2, 0) is 13.0 Å². The lowest BCUT2D eigenvalue weighted by Gasteiger charge is -2.26. The van der Waals surface area contributed by atoms with Crippen LogP contribution < -0.4 is 5.32 Å². The summed E-state index contributed by atoms with van der Waals surface area (Å²) in [6.45, 7) is 6.70. The summed E-state index contributed by atoms with van der Waals surface area (Å²) in [5, 5.41) is 25.4. The molecule has 2 aromatic carbocycles. The first-order valence-electron chi connectivity index (χ1n) is 12.3. The number of anilines is 2. The molecule has 0 bridgehead atoms. The third kappa shape index (κ3) is 4.31. The molecule has 192 valence electrons. The molecular formula is C28H26FN7OS. The van der Waals surface area contributed by atoms with Gasteiger partial charge in [0.25, 0.3) is 0 Å². The number of aliphatic hydroxyl groups is 1. The van der Waals surface area contributed by atoms with Crippen LogP contribution in [0.25, 0.3) is 26.7 Å². The number of hydrazone groups is 1. The summed E-state index contributed by atoms with van der Waals surface area (Å²) >= 11 is 1.65. The molecule has 0 saturated heterocycles. The molecule has 0 radical (unpaired) electrons. The number of benzene rings is 2. The first-order chi connectivity index (χ1) is 18.6. The number of aromatic nitrogens is 4. The van der Waals surface area contributed by atoms with E-state index in [4.69, 9.17) is 0 Å². The Balaban J connectivity index is 1.32. The highest BCUT2D eigenvalue weighted by atomic mass is 32.1. The Morgan fingerprint density at radius 2 is 2.11 bits per heavy atom. The van der Waals surface area contributed by atoms with Crippen LogP contribution in [0.3, 0.4) is 0 Å². The van der Waals surface area contributed by atoms with E-state index in [2.05, 4.69) is 39.1 Å². The molecule has 10 heteroatoms. The highest BCUT2D eigenvalue weighted by Crippen LogP contribution is 2.44. The van der Waals surface area contributed by atoms with Crippen molar-refractivity contribution < 1.29 is 9.50 Å². The highest BCUT2D eigenvalue weighted by Gasteiger charge is 2.26. The second-order valence-electron chi connectivity index (χ2n) is 9.20. The van der Waals surface area contributed by atoms with Crippen molar-refractivity contribution in [2.24, 2.45) is 5.10 Å². The molecule has 8 nitrogen and oxygen atoms in total. The van der Waals surface area contributed by atoms with Gasteiger partial charge in [0.2, 0.25) is 0 Å². The van der Waals surface area contributed by atoms with Crippen LogP contribution in [0, 0.1) is 5.82 Å². The molecule has 0 amide bonds. The SMILES string of the molecule is C=NN(CCO)C1=C(C)c2sc3ncnc(Nc4ccc5c(cnn5Cc5cccc(F)c5)c4)c3c2CC1.